The van der Waals surface area contributed by atoms with Crippen molar-refractivity contribution in [1.82, 2.24) is 0 Å². The number of ether oxygens (including phenoxy) is 1. The van der Waals surface area contributed by atoms with Gasteiger partial charge in [-0.1, -0.05) is 41.5 Å². The highest BCUT2D eigenvalue weighted by Crippen LogP contribution is 2.66. The van der Waals surface area contributed by atoms with Crippen molar-refractivity contribution in [3.63, 3.8) is 0 Å². The summed E-state index contributed by atoms with van der Waals surface area (Å²) in [6, 6.07) is 0. The van der Waals surface area contributed by atoms with E-state index in [1.165, 1.54) is 0 Å². The van der Waals surface area contributed by atoms with Gasteiger partial charge in [-0.2, -0.15) is 0 Å². The van der Waals surface area contributed by atoms with Gasteiger partial charge < -0.3 is 25.2 Å². The van der Waals surface area contributed by atoms with E-state index < -0.39 is 24.4 Å². The molecular formula is C28H48O6. The number of aliphatic hydroxyl groups is 4. The van der Waals surface area contributed by atoms with Crippen molar-refractivity contribution in [1.29, 1.82) is 0 Å². The second kappa shape index (κ2) is 9.32. The van der Waals surface area contributed by atoms with Crippen molar-refractivity contribution in [3.05, 3.63) is 0 Å². The van der Waals surface area contributed by atoms with Crippen LogP contribution < -0.4 is 0 Å². The lowest BCUT2D eigenvalue weighted by Gasteiger charge is -2.56. The number of aliphatic hydroxyl groups excluding tert-OH is 4. The number of hydrogen-bond acceptors (Lipinski definition) is 6. The van der Waals surface area contributed by atoms with Gasteiger partial charge in [0.05, 0.1) is 36.9 Å². The van der Waals surface area contributed by atoms with E-state index in [2.05, 4.69) is 34.6 Å². The molecule has 196 valence electrons. The number of rotatable bonds is 5. The van der Waals surface area contributed by atoms with E-state index >= 15 is 0 Å². The minimum absolute atomic E-state index is 0.00827. The number of cyclic esters (lactones) is 1. The smallest absolute Gasteiger partial charge is 0.309 e. The summed E-state index contributed by atoms with van der Waals surface area (Å²) < 4.78 is 5.86. The van der Waals surface area contributed by atoms with Gasteiger partial charge in [-0.15, -0.1) is 0 Å². The van der Waals surface area contributed by atoms with Crippen molar-refractivity contribution in [2.75, 3.05) is 6.61 Å². The maximum atomic E-state index is 13.0. The Morgan fingerprint density at radius 3 is 2.21 bits per heavy atom. The molecule has 3 aliphatic carbocycles. The summed E-state index contributed by atoms with van der Waals surface area (Å²) in [5.74, 6) is 0.948. The SMILES string of the molecule is CC(C)[C@H](C)[C@@H](O)[C@H](O)[C@@H](C)[C@@H]1CC[C@@H]2[C@@H]3COC(=O)[C@H]4C[C@H](O)[C@H](O)C[C@]4(C)[C@@H]3CC[C@@]21C. The molecule has 13 atom stereocenters. The number of esters is 1. The van der Waals surface area contributed by atoms with Crippen LogP contribution >= 0.6 is 0 Å². The van der Waals surface area contributed by atoms with Crippen LogP contribution in [0.1, 0.15) is 80.1 Å². The molecule has 6 nitrogen and oxygen atoms in total. The summed E-state index contributed by atoms with van der Waals surface area (Å²) in [5, 5.41) is 42.9. The molecule has 1 heterocycles. The molecule has 1 aliphatic heterocycles. The Kier molecular flexibility index (Phi) is 7.23. The lowest BCUT2D eigenvalue weighted by atomic mass is 9.48. The monoisotopic (exact) mass is 480 g/mol. The van der Waals surface area contributed by atoms with Crippen molar-refractivity contribution < 1.29 is 30.0 Å². The first-order chi connectivity index (χ1) is 15.8. The zero-order valence-electron chi connectivity index (χ0n) is 22.0. The summed E-state index contributed by atoms with van der Waals surface area (Å²) in [7, 11) is 0. The third kappa shape index (κ3) is 4.05. The molecule has 1 saturated heterocycles. The number of hydrogen-bond donors (Lipinski definition) is 4. The second-order valence-corrected chi connectivity index (χ2v) is 13.3. The lowest BCUT2D eigenvalue weighted by Crippen LogP contribution is -2.55. The fourth-order valence-corrected chi connectivity index (χ4v) is 8.95. The predicted molar refractivity (Wildman–Crippen MR) is 130 cm³/mol. The molecular weight excluding hydrogens is 432 g/mol. The standard InChI is InChI=1S/C28H48O6/c1-14(2)15(3)24(31)25(32)16(4)18-7-8-19-17-13-34-26(33)21-11-22(29)23(30)12-28(21,6)20(17)9-10-27(18,19)5/h14-25,29-32H,7-13H2,1-6H3/t15-,16-,17-,18-,19+,20+,21+,22-,23+,24+,25+,27+,28+/m0/s1. The molecule has 4 rings (SSSR count). The van der Waals surface area contributed by atoms with Gasteiger partial charge in [0.2, 0.25) is 0 Å². The quantitative estimate of drug-likeness (QED) is 0.450. The first kappa shape index (κ1) is 26.4. The molecule has 3 saturated carbocycles. The Hall–Kier alpha value is -0.690. The maximum Gasteiger partial charge on any atom is 0.309 e. The minimum atomic E-state index is -0.867. The van der Waals surface area contributed by atoms with E-state index in [-0.39, 0.29) is 52.8 Å². The summed E-state index contributed by atoms with van der Waals surface area (Å²) in [5.41, 5.74) is -0.345. The molecule has 0 bridgehead atoms. The number of carbonyl (C=O) groups is 1. The molecule has 4 N–H and O–H groups in total. The normalized spacial score (nSPS) is 48.1. The summed E-state index contributed by atoms with van der Waals surface area (Å²) in [4.78, 5) is 13.0. The molecule has 0 aromatic carbocycles. The van der Waals surface area contributed by atoms with E-state index in [1.54, 1.807) is 0 Å². The molecule has 0 spiro atoms. The van der Waals surface area contributed by atoms with Gasteiger partial charge in [-0.05, 0) is 90.8 Å². The van der Waals surface area contributed by atoms with Crippen molar-refractivity contribution in [2.24, 2.45) is 58.2 Å². The Balaban J connectivity index is 1.58. The molecule has 4 aliphatic rings. The highest BCUT2D eigenvalue weighted by Gasteiger charge is 2.63. The predicted octanol–water partition coefficient (Wildman–Crippen LogP) is 3.39. The van der Waals surface area contributed by atoms with Gasteiger partial charge in [-0.25, -0.2) is 0 Å². The molecule has 0 unspecified atom stereocenters. The largest absolute Gasteiger partial charge is 0.465 e. The highest BCUT2D eigenvalue weighted by molar-refractivity contribution is 5.74. The van der Waals surface area contributed by atoms with Crippen LogP contribution in [-0.4, -0.2) is 57.4 Å². The fraction of sp³-hybridized carbons (Fsp3) is 0.964. The number of carbonyl (C=O) groups excluding carboxylic acids is 1. The zero-order chi connectivity index (χ0) is 25.2. The van der Waals surface area contributed by atoms with E-state index in [1.807, 2.05) is 6.92 Å². The van der Waals surface area contributed by atoms with Crippen LogP contribution in [0.5, 0.6) is 0 Å². The van der Waals surface area contributed by atoms with Gasteiger partial charge in [0.25, 0.3) is 0 Å². The van der Waals surface area contributed by atoms with Crippen LogP contribution in [0.15, 0.2) is 0 Å². The van der Waals surface area contributed by atoms with Crippen molar-refractivity contribution in [3.8, 4) is 0 Å². The second-order valence-electron chi connectivity index (χ2n) is 13.3. The van der Waals surface area contributed by atoms with Gasteiger partial charge >= 0.3 is 5.97 Å². The van der Waals surface area contributed by atoms with Crippen LogP contribution in [0.3, 0.4) is 0 Å². The summed E-state index contributed by atoms with van der Waals surface area (Å²) in [6.45, 7) is 13.2. The van der Waals surface area contributed by atoms with Crippen molar-refractivity contribution in [2.45, 2.75) is 104 Å². The Bertz CT molecular complexity index is 755. The van der Waals surface area contributed by atoms with Crippen LogP contribution in [0.2, 0.25) is 0 Å². The van der Waals surface area contributed by atoms with Gasteiger partial charge in [-0.3, -0.25) is 4.79 Å². The van der Waals surface area contributed by atoms with Gasteiger partial charge in [0.15, 0.2) is 0 Å². The zero-order valence-corrected chi connectivity index (χ0v) is 22.0. The molecule has 4 fully saturated rings. The van der Waals surface area contributed by atoms with Crippen LogP contribution in [-0.2, 0) is 9.53 Å². The lowest BCUT2D eigenvalue weighted by molar-refractivity contribution is -0.162. The average molecular weight is 481 g/mol. The summed E-state index contributed by atoms with van der Waals surface area (Å²) >= 11 is 0. The highest BCUT2D eigenvalue weighted by atomic mass is 16.5. The summed E-state index contributed by atoms with van der Waals surface area (Å²) in [6.07, 6.45) is 1.61. The third-order valence-electron chi connectivity index (χ3n) is 11.5. The van der Waals surface area contributed by atoms with Crippen LogP contribution in [0.25, 0.3) is 0 Å². The van der Waals surface area contributed by atoms with E-state index in [4.69, 9.17) is 4.74 Å². The fourth-order valence-electron chi connectivity index (χ4n) is 8.95. The minimum Gasteiger partial charge on any atom is -0.465 e. The first-order valence-electron chi connectivity index (χ1n) is 13.7. The van der Waals surface area contributed by atoms with Crippen LogP contribution in [0.4, 0.5) is 0 Å². The maximum absolute atomic E-state index is 13.0. The molecule has 0 aromatic heterocycles. The Morgan fingerprint density at radius 2 is 1.56 bits per heavy atom. The average Bonchev–Trinajstić information content (AvgIpc) is 3.09. The van der Waals surface area contributed by atoms with Crippen LogP contribution in [0, 0.1) is 58.2 Å². The molecule has 0 radical (unpaired) electrons. The Morgan fingerprint density at radius 1 is 0.912 bits per heavy atom. The van der Waals surface area contributed by atoms with Gasteiger partial charge in [0, 0.05) is 0 Å². The molecule has 34 heavy (non-hydrogen) atoms. The molecule has 6 heteroatoms. The third-order valence-corrected chi connectivity index (χ3v) is 11.5. The van der Waals surface area contributed by atoms with E-state index in [9.17, 15) is 25.2 Å². The molecule has 0 aromatic rings. The van der Waals surface area contributed by atoms with Gasteiger partial charge in [0.1, 0.15) is 0 Å². The topological polar surface area (TPSA) is 107 Å². The molecule has 0 amide bonds. The Labute approximate surface area is 205 Å². The first-order valence-corrected chi connectivity index (χ1v) is 13.7. The number of fused-ring (bicyclic) bond motifs is 5. The van der Waals surface area contributed by atoms with Crippen molar-refractivity contribution >= 4 is 5.97 Å². The van der Waals surface area contributed by atoms with E-state index in [0.717, 1.165) is 25.7 Å². The van der Waals surface area contributed by atoms with E-state index in [0.29, 0.717) is 30.8 Å².